The van der Waals surface area contributed by atoms with Crippen LogP contribution in [0.3, 0.4) is 0 Å². The Labute approximate surface area is 85.8 Å². The molecule has 0 atom stereocenters. The summed E-state index contributed by atoms with van der Waals surface area (Å²) in [5, 5.41) is 16.4. The van der Waals surface area contributed by atoms with Crippen LogP contribution in [-0.4, -0.2) is 26.7 Å². The van der Waals surface area contributed by atoms with E-state index in [0.717, 1.165) is 5.56 Å². The summed E-state index contributed by atoms with van der Waals surface area (Å²) in [7, 11) is 0. The Morgan fingerprint density at radius 1 is 0.929 bits per heavy atom. The lowest BCUT2D eigenvalue weighted by Gasteiger charge is -1.97. The molecule has 0 spiro atoms. The van der Waals surface area contributed by atoms with Gasteiger partial charge in [0.25, 0.3) is 0 Å². The van der Waals surface area contributed by atoms with Crippen LogP contribution < -0.4 is 0 Å². The first-order valence-electron chi connectivity index (χ1n) is 4.07. The number of hydrogen-bond acceptors (Lipinski definition) is 5. The summed E-state index contributed by atoms with van der Waals surface area (Å²) in [6.45, 7) is 0. The SMILES string of the molecule is CSc1nnc(-c2ccccc2)nn1. The fourth-order valence-electron chi connectivity index (χ4n) is 1.00. The number of aromatic nitrogens is 4. The molecule has 0 fully saturated rings. The highest BCUT2D eigenvalue weighted by Gasteiger charge is 2.01. The predicted molar refractivity (Wildman–Crippen MR) is 54.8 cm³/mol. The van der Waals surface area contributed by atoms with Crippen molar-refractivity contribution in [3.63, 3.8) is 0 Å². The van der Waals surface area contributed by atoms with E-state index >= 15 is 0 Å². The molecule has 1 heterocycles. The summed E-state index contributed by atoms with van der Waals surface area (Å²) in [5.74, 6) is 0.559. The largest absolute Gasteiger partial charge is 0.229 e. The second-order valence-corrected chi connectivity index (χ2v) is 3.35. The van der Waals surface area contributed by atoms with Gasteiger partial charge in [-0.25, -0.2) is 0 Å². The van der Waals surface area contributed by atoms with Crippen LogP contribution in [0.5, 0.6) is 0 Å². The van der Waals surface area contributed by atoms with Gasteiger partial charge < -0.3 is 0 Å². The van der Waals surface area contributed by atoms with Crippen LogP contribution in [0.1, 0.15) is 0 Å². The molecule has 1 aromatic heterocycles. The summed E-state index contributed by atoms with van der Waals surface area (Å²) in [5.41, 5.74) is 0.931. The van der Waals surface area contributed by atoms with Crippen LogP contribution in [-0.2, 0) is 0 Å². The van der Waals surface area contributed by atoms with Gasteiger partial charge in [-0.15, -0.1) is 20.4 Å². The molecule has 2 rings (SSSR count). The van der Waals surface area contributed by atoms with Gasteiger partial charge in [0.15, 0.2) is 0 Å². The van der Waals surface area contributed by atoms with E-state index in [2.05, 4.69) is 20.4 Å². The monoisotopic (exact) mass is 204 g/mol. The van der Waals surface area contributed by atoms with Crippen molar-refractivity contribution < 1.29 is 0 Å². The maximum atomic E-state index is 3.98. The van der Waals surface area contributed by atoms with Gasteiger partial charge in [-0.05, 0) is 6.26 Å². The smallest absolute Gasteiger partial charge is 0.125 e. The van der Waals surface area contributed by atoms with Crippen LogP contribution in [0.2, 0.25) is 0 Å². The van der Waals surface area contributed by atoms with Crippen molar-refractivity contribution >= 4 is 11.8 Å². The van der Waals surface area contributed by atoms with E-state index in [0.29, 0.717) is 11.0 Å². The molecule has 0 saturated heterocycles. The molecule has 14 heavy (non-hydrogen) atoms. The molecule has 0 unspecified atom stereocenters. The Morgan fingerprint density at radius 3 is 2.14 bits per heavy atom. The van der Waals surface area contributed by atoms with Crippen LogP contribution in [0.25, 0.3) is 11.4 Å². The quantitative estimate of drug-likeness (QED) is 0.696. The van der Waals surface area contributed by atoms with Gasteiger partial charge >= 0.3 is 0 Å². The molecule has 0 aliphatic carbocycles. The first-order valence-corrected chi connectivity index (χ1v) is 5.29. The summed E-state index contributed by atoms with van der Waals surface area (Å²) < 4.78 is 0. The van der Waals surface area contributed by atoms with Crippen LogP contribution in [0, 0.1) is 0 Å². The highest BCUT2D eigenvalue weighted by molar-refractivity contribution is 7.98. The fourth-order valence-corrected chi connectivity index (χ4v) is 1.25. The molecule has 70 valence electrons. The van der Waals surface area contributed by atoms with Gasteiger partial charge in [0.1, 0.15) is 0 Å². The normalized spacial score (nSPS) is 10.1. The molecule has 0 radical (unpaired) electrons. The average Bonchev–Trinajstić information content (AvgIpc) is 2.30. The van der Waals surface area contributed by atoms with Gasteiger partial charge in [-0.1, -0.05) is 42.1 Å². The molecule has 1 aromatic carbocycles. The molecular formula is C9H8N4S. The average molecular weight is 204 g/mol. The maximum absolute atomic E-state index is 3.98. The van der Waals surface area contributed by atoms with E-state index in [9.17, 15) is 0 Å². The fraction of sp³-hybridized carbons (Fsp3) is 0.111. The Hall–Kier alpha value is -1.49. The summed E-state index contributed by atoms with van der Waals surface area (Å²) in [4.78, 5) is 0. The van der Waals surface area contributed by atoms with Crippen molar-refractivity contribution in [1.82, 2.24) is 20.4 Å². The van der Waals surface area contributed by atoms with Crippen molar-refractivity contribution in [2.45, 2.75) is 5.16 Å². The summed E-state index contributed by atoms with van der Waals surface area (Å²) >= 11 is 1.43. The Morgan fingerprint density at radius 2 is 1.57 bits per heavy atom. The van der Waals surface area contributed by atoms with Crippen LogP contribution >= 0.6 is 11.8 Å². The molecule has 0 amide bonds. The molecular weight excluding hydrogens is 196 g/mol. The van der Waals surface area contributed by atoms with E-state index in [1.807, 2.05) is 36.6 Å². The van der Waals surface area contributed by atoms with Gasteiger partial charge in [0.05, 0.1) is 0 Å². The molecule has 2 aromatic rings. The number of benzene rings is 1. The Balaban J connectivity index is 2.34. The molecule has 0 aliphatic rings. The zero-order valence-electron chi connectivity index (χ0n) is 7.58. The van der Waals surface area contributed by atoms with E-state index in [1.165, 1.54) is 11.8 Å². The number of rotatable bonds is 2. The van der Waals surface area contributed by atoms with Gasteiger partial charge in [-0.2, -0.15) is 0 Å². The van der Waals surface area contributed by atoms with E-state index in [4.69, 9.17) is 0 Å². The molecule has 5 heteroatoms. The zero-order valence-corrected chi connectivity index (χ0v) is 8.40. The minimum atomic E-state index is 0.559. The minimum Gasteiger partial charge on any atom is -0.125 e. The third-order valence-corrected chi connectivity index (χ3v) is 2.20. The molecule has 0 saturated carbocycles. The molecule has 0 aliphatic heterocycles. The number of thioether (sulfide) groups is 1. The Kier molecular flexibility index (Phi) is 2.69. The van der Waals surface area contributed by atoms with E-state index < -0.39 is 0 Å². The molecule has 4 nitrogen and oxygen atoms in total. The Bertz CT molecular complexity index is 401. The first-order chi connectivity index (χ1) is 6.90. The van der Waals surface area contributed by atoms with Gasteiger partial charge in [0.2, 0.25) is 11.0 Å². The topological polar surface area (TPSA) is 51.6 Å². The van der Waals surface area contributed by atoms with E-state index in [1.54, 1.807) is 0 Å². The summed E-state index contributed by atoms with van der Waals surface area (Å²) in [6.07, 6.45) is 1.89. The summed E-state index contributed by atoms with van der Waals surface area (Å²) in [6, 6.07) is 9.66. The van der Waals surface area contributed by atoms with Crippen molar-refractivity contribution in [2.24, 2.45) is 0 Å². The van der Waals surface area contributed by atoms with Crippen molar-refractivity contribution in [2.75, 3.05) is 6.26 Å². The lowest BCUT2D eigenvalue weighted by molar-refractivity contribution is 0.755. The third-order valence-electron chi connectivity index (χ3n) is 1.68. The van der Waals surface area contributed by atoms with Gasteiger partial charge in [-0.3, -0.25) is 0 Å². The first kappa shape index (κ1) is 9.08. The second-order valence-electron chi connectivity index (χ2n) is 2.58. The van der Waals surface area contributed by atoms with Crippen LogP contribution in [0.4, 0.5) is 0 Å². The zero-order chi connectivity index (χ0) is 9.80. The number of nitrogens with zero attached hydrogens (tertiary/aromatic N) is 4. The lowest BCUT2D eigenvalue weighted by Crippen LogP contribution is -1.97. The standard InChI is InChI=1S/C9H8N4S/c1-14-9-12-10-8(11-13-9)7-5-3-2-4-6-7/h2-6H,1H3. The highest BCUT2D eigenvalue weighted by Crippen LogP contribution is 2.12. The van der Waals surface area contributed by atoms with Crippen molar-refractivity contribution in [3.8, 4) is 11.4 Å². The van der Waals surface area contributed by atoms with Crippen molar-refractivity contribution in [1.29, 1.82) is 0 Å². The number of hydrogen-bond donors (Lipinski definition) is 0. The molecule has 0 bridgehead atoms. The minimum absolute atomic E-state index is 0.559. The van der Waals surface area contributed by atoms with Crippen LogP contribution in [0.15, 0.2) is 35.5 Å². The maximum Gasteiger partial charge on any atom is 0.229 e. The lowest BCUT2D eigenvalue weighted by atomic mass is 10.2. The van der Waals surface area contributed by atoms with Crippen molar-refractivity contribution in [3.05, 3.63) is 30.3 Å². The predicted octanol–water partition coefficient (Wildman–Crippen LogP) is 1.66. The highest BCUT2D eigenvalue weighted by atomic mass is 32.2. The van der Waals surface area contributed by atoms with Gasteiger partial charge in [0, 0.05) is 5.56 Å². The third kappa shape index (κ3) is 1.88. The molecule has 0 N–H and O–H groups in total. The van der Waals surface area contributed by atoms with E-state index in [-0.39, 0.29) is 0 Å². The second kappa shape index (κ2) is 4.15.